The van der Waals surface area contributed by atoms with E-state index in [1.807, 2.05) is 12.1 Å². The van der Waals surface area contributed by atoms with E-state index in [1.54, 1.807) is 4.90 Å². The summed E-state index contributed by atoms with van der Waals surface area (Å²) in [6.45, 7) is 3.33. The lowest BCUT2D eigenvalue weighted by Gasteiger charge is -2.38. The number of benzene rings is 1. The smallest absolute Gasteiger partial charge is 0.312 e. The van der Waals surface area contributed by atoms with E-state index in [4.69, 9.17) is 10.5 Å². The number of likely N-dealkylation sites (tertiary alicyclic amines) is 1. The molecule has 0 aliphatic carbocycles. The van der Waals surface area contributed by atoms with Gasteiger partial charge in [-0.25, -0.2) is 0 Å². The third-order valence-electron chi connectivity index (χ3n) is 4.39. The van der Waals surface area contributed by atoms with Crippen LogP contribution in [0.2, 0.25) is 0 Å². The van der Waals surface area contributed by atoms with Crippen LogP contribution in [0.3, 0.4) is 0 Å². The molecule has 0 unspecified atom stereocenters. The number of carbonyl (C=O) groups is 2. The zero-order chi connectivity index (χ0) is 15.0. The fraction of sp³-hybridized carbons (Fsp3) is 0.500. The van der Waals surface area contributed by atoms with Gasteiger partial charge in [-0.1, -0.05) is 25.1 Å². The van der Waals surface area contributed by atoms with E-state index in [-0.39, 0.29) is 6.04 Å². The molecule has 2 N–H and O–H groups in total. The summed E-state index contributed by atoms with van der Waals surface area (Å²) >= 11 is 0. The maximum absolute atomic E-state index is 12.1. The maximum atomic E-state index is 12.1. The van der Waals surface area contributed by atoms with Crippen LogP contribution in [0.15, 0.2) is 18.2 Å². The molecule has 2 aliphatic rings. The van der Waals surface area contributed by atoms with Crippen LogP contribution in [0.5, 0.6) is 5.75 Å². The van der Waals surface area contributed by atoms with Gasteiger partial charge in [0.05, 0.1) is 12.6 Å². The average Bonchev–Trinajstić information content (AvgIpc) is 2.94. The Balaban J connectivity index is 1.97. The SMILES string of the molecule is C[C@H]1CC[C@H](c2cccc3c2OCC3)N(C(=O)C(N)=O)C1. The van der Waals surface area contributed by atoms with Crippen LogP contribution in [0.4, 0.5) is 0 Å². The van der Waals surface area contributed by atoms with Crippen molar-refractivity contribution in [3.05, 3.63) is 29.3 Å². The Bertz CT molecular complexity index is 585. The first-order valence-corrected chi connectivity index (χ1v) is 7.43. The van der Waals surface area contributed by atoms with Gasteiger partial charge in [-0.2, -0.15) is 0 Å². The van der Waals surface area contributed by atoms with E-state index in [0.29, 0.717) is 19.1 Å². The van der Waals surface area contributed by atoms with Gasteiger partial charge in [-0.15, -0.1) is 0 Å². The summed E-state index contributed by atoms with van der Waals surface area (Å²) in [7, 11) is 0. The molecule has 2 atom stereocenters. The first kappa shape index (κ1) is 13.9. The van der Waals surface area contributed by atoms with Gasteiger partial charge in [0.25, 0.3) is 0 Å². The van der Waals surface area contributed by atoms with Crippen molar-refractivity contribution in [3.8, 4) is 5.75 Å². The van der Waals surface area contributed by atoms with Crippen molar-refractivity contribution in [3.63, 3.8) is 0 Å². The molecular weight excluding hydrogens is 268 g/mol. The summed E-state index contributed by atoms with van der Waals surface area (Å²) in [5.74, 6) is -0.216. The van der Waals surface area contributed by atoms with Gasteiger partial charge in [0, 0.05) is 18.5 Å². The predicted octanol–water partition coefficient (Wildman–Crippen LogP) is 1.41. The number of carbonyl (C=O) groups excluding carboxylic acids is 2. The van der Waals surface area contributed by atoms with Crippen molar-refractivity contribution in [1.29, 1.82) is 0 Å². The number of hydrogen-bond acceptors (Lipinski definition) is 3. The number of para-hydroxylation sites is 1. The molecule has 0 spiro atoms. The molecule has 0 aromatic heterocycles. The minimum atomic E-state index is -0.886. The standard InChI is InChI=1S/C16H20N2O3/c1-10-5-6-13(18(9-10)16(20)15(17)19)12-4-2-3-11-7-8-21-14(11)12/h2-4,10,13H,5-9H2,1H3,(H2,17,19)/t10-,13+/m0/s1. The van der Waals surface area contributed by atoms with E-state index in [1.165, 1.54) is 5.56 Å². The topological polar surface area (TPSA) is 72.6 Å². The molecule has 2 amide bonds. The van der Waals surface area contributed by atoms with Crippen LogP contribution in [-0.2, 0) is 16.0 Å². The normalized spacial score (nSPS) is 24.3. The highest BCUT2D eigenvalue weighted by Crippen LogP contribution is 2.41. The number of fused-ring (bicyclic) bond motifs is 1. The van der Waals surface area contributed by atoms with Crippen LogP contribution in [0, 0.1) is 5.92 Å². The number of hydrogen-bond donors (Lipinski definition) is 1. The second-order valence-corrected chi connectivity index (χ2v) is 5.95. The summed E-state index contributed by atoms with van der Waals surface area (Å²) in [5, 5.41) is 0. The number of ether oxygens (including phenoxy) is 1. The molecule has 1 aromatic carbocycles. The van der Waals surface area contributed by atoms with Crippen LogP contribution >= 0.6 is 0 Å². The third kappa shape index (κ3) is 2.48. The number of nitrogens with two attached hydrogens (primary N) is 1. The molecule has 0 saturated carbocycles. The summed E-state index contributed by atoms with van der Waals surface area (Å²) in [6, 6.07) is 5.92. The molecule has 2 aliphatic heterocycles. The minimum Gasteiger partial charge on any atom is -0.493 e. The van der Waals surface area contributed by atoms with Gasteiger partial charge in [0.1, 0.15) is 5.75 Å². The number of nitrogens with zero attached hydrogens (tertiary/aromatic N) is 1. The van der Waals surface area contributed by atoms with Crippen molar-refractivity contribution in [2.24, 2.45) is 11.7 Å². The van der Waals surface area contributed by atoms with Gasteiger partial charge in [0.2, 0.25) is 0 Å². The lowest BCUT2D eigenvalue weighted by atomic mass is 9.88. The van der Waals surface area contributed by atoms with E-state index in [2.05, 4.69) is 13.0 Å². The van der Waals surface area contributed by atoms with E-state index in [9.17, 15) is 9.59 Å². The van der Waals surface area contributed by atoms with Crippen LogP contribution in [-0.4, -0.2) is 29.9 Å². The van der Waals surface area contributed by atoms with Gasteiger partial charge in [0.15, 0.2) is 0 Å². The highest BCUT2D eigenvalue weighted by molar-refractivity contribution is 6.34. The monoisotopic (exact) mass is 288 g/mol. The molecule has 1 aromatic rings. The van der Waals surface area contributed by atoms with E-state index in [0.717, 1.165) is 30.6 Å². The first-order chi connectivity index (χ1) is 10.1. The fourth-order valence-electron chi connectivity index (χ4n) is 3.34. The van der Waals surface area contributed by atoms with Crippen molar-refractivity contribution in [1.82, 2.24) is 4.90 Å². The van der Waals surface area contributed by atoms with Crippen molar-refractivity contribution in [2.45, 2.75) is 32.2 Å². The molecule has 21 heavy (non-hydrogen) atoms. The predicted molar refractivity (Wildman–Crippen MR) is 77.7 cm³/mol. The Morgan fingerprint density at radius 2 is 2.14 bits per heavy atom. The summed E-state index contributed by atoms with van der Waals surface area (Å²) in [4.78, 5) is 25.1. The Morgan fingerprint density at radius 1 is 1.33 bits per heavy atom. The molecule has 5 nitrogen and oxygen atoms in total. The van der Waals surface area contributed by atoms with Crippen LogP contribution < -0.4 is 10.5 Å². The number of amides is 2. The summed E-state index contributed by atoms with van der Waals surface area (Å²) in [6.07, 6.45) is 2.76. The molecule has 3 rings (SSSR count). The zero-order valence-corrected chi connectivity index (χ0v) is 12.2. The van der Waals surface area contributed by atoms with Crippen LogP contribution in [0.1, 0.15) is 36.9 Å². The van der Waals surface area contributed by atoms with E-state index < -0.39 is 11.8 Å². The quantitative estimate of drug-likeness (QED) is 0.794. The Kier molecular flexibility index (Phi) is 3.57. The molecule has 1 fully saturated rings. The highest BCUT2D eigenvalue weighted by Gasteiger charge is 2.35. The number of rotatable bonds is 1. The maximum Gasteiger partial charge on any atom is 0.312 e. The second kappa shape index (κ2) is 5.39. The zero-order valence-electron chi connectivity index (χ0n) is 12.2. The molecule has 5 heteroatoms. The fourth-order valence-corrected chi connectivity index (χ4v) is 3.34. The molecule has 2 heterocycles. The van der Waals surface area contributed by atoms with Gasteiger partial charge in [-0.3, -0.25) is 9.59 Å². The van der Waals surface area contributed by atoms with Crippen molar-refractivity contribution in [2.75, 3.05) is 13.2 Å². The Labute approximate surface area is 124 Å². The summed E-state index contributed by atoms with van der Waals surface area (Å²) < 4.78 is 5.74. The largest absolute Gasteiger partial charge is 0.493 e. The van der Waals surface area contributed by atoms with Gasteiger partial charge >= 0.3 is 11.8 Å². The molecule has 1 saturated heterocycles. The number of piperidine rings is 1. The Hall–Kier alpha value is -2.04. The van der Waals surface area contributed by atoms with E-state index >= 15 is 0 Å². The lowest BCUT2D eigenvalue weighted by Crippen LogP contribution is -2.47. The highest BCUT2D eigenvalue weighted by atomic mass is 16.5. The molecule has 0 bridgehead atoms. The third-order valence-corrected chi connectivity index (χ3v) is 4.39. The average molecular weight is 288 g/mol. The first-order valence-electron chi connectivity index (χ1n) is 7.43. The Morgan fingerprint density at radius 3 is 2.90 bits per heavy atom. The van der Waals surface area contributed by atoms with Crippen molar-refractivity contribution >= 4 is 11.8 Å². The van der Waals surface area contributed by atoms with Crippen LogP contribution in [0.25, 0.3) is 0 Å². The van der Waals surface area contributed by atoms with Gasteiger partial charge in [-0.05, 0) is 24.3 Å². The second-order valence-electron chi connectivity index (χ2n) is 5.95. The molecule has 112 valence electrons. The van der Waals surface area contributed by atoms with Gasteiger partial charge < -0.3 is 15.4 Å². The number of primary amides is 1. The lowest BCUT2D eigenvalue weighted by molar-refractivity contribution is -0.147. The minimum absolute atomic E-state index is 0.116. The molecular formula is C16H20N2O3. The molecule has 0 radical (unpaired) electrons. The van der Waals surface area contributed by atoms with Crippen molar-refractivity contribution < 1.29 is 14.3 Å². The summed E-state index contributed by atoms with van der Waals surface area (Å²) in [5.41, 5.74) is 7.39.